The number of benzene rings is 2. The van der Waals surface area contributed by atoms with E-state index in [1.807, 2.05) is 54.6 Å². The molecule has 2 nitrogen and oxygen atoms in total. The standard InChI is InChI=1S/C14H12O2.Na/c15-14(16)10-11-6-8-13(9-7-11)12-4-2-1-3-5-12;/h1-9H,10H2,(H,15,16);/q;+1/p-1. The van der Waals surface area contributed by atoms with Crippen LogP contribution < -0.4 is 34.7 Å². The van der Waals surface area contributed by atoms with Gasteiger partial charge in [0.1, 0.15) is 0 Å². The van der Waals surface area contributed by atoms with Gasteiger partial charge in [0.05, 0.1) is 0 Å². The van der Waals surface area contributed by atoms with Crippen molar-refractivity contribution in [1.29, 1.82) is 0 Å². The Morgan fingerprint density at radius 2 is 1.41 bits per heavy atom. The Morgan fingerprint density at radius 3 is 1.94 bits per heavy atom. The maximum absolute atomic E-state index is 10.4. The van der Waals surface area contributed by atoms with Gasteiger partial charge in [-0.15, -0.1) is 0 Å². The van der Waals surface area contributed by atoms with Gasteiger partial charge in [0.25, 0.3) is 0 Å². The summed E-state index contributed by atoms with van der Waals surface area (Å²) in [6.07, 6.45) is -0.0327. The third-order valence-corrected chi connectivity index (χ3v) is 2.41. The summed E-state index contributed by atoms with van der Waals surface area (Å²) in [5, 5.41) is 10.4. The fourth-order valence-electron chi connectivity index (χ4n) is 1.61. The molecule has 0 amide bonds. The number of carboxylic acid groups (broad SMARTS) is 1. The average Bonchev–Trinajstić information content (AvgIpc) is 2.30. The Morgan fingerprint density at radius 1 is 0.882 bits per heavy atom. The minimum absolute atomic E-state index is 0. The molecule has 2 aromatic carbocycles. The molecular weight excluding hydrogens is 223 g/mol. The number of carbonyl (C=O) groups is 1. The molecule has 0 saturated carbocycles. The maximum atomic E-state index is 10.4. The van der Waals surface area contributed by atoms with Gasteiger partial charge in [-0.1, -0.05) is 54.6 Å². The maximum Gasteiger partial charge on any atom is 1.00 e. The fraction of sp³-hybridized carbons (Fsp3) is 0.0714. The van der Waals surface area contributed by atoms with E-state index in [0.29, 0.717) is 0 Å². The van der Waals surface area contributed by atoms with Crippen molar-refractivity contribution in [3.63, 3.8) is 0 Å². The van der Waals surface area contributed by atoms with Crippen molar-refractivity contribution < 1.29 is 39.5 Å². The molecule has 0 radical (unpaired) electrons. The van der Waals surface area contributed by atoms with Gasteiger partial charge in [-0.25, -0.2) is 0 Å². The number of aliphatic carboxylic acids is 1. The van der Waals surface area contributed by atoms with E-state index in [1.165, 1.54) is 0 Å². The van der Waals surface area contributed by atoms with E-state index in [1.54, 1.807) is 0 Å². The van der Waals surface area contributed by atoms with Gasteiger partial charge in [0.15, 0.2) is 0 Å². The summed E-state index contributed by atoms with van der Waals surface area (Å²) in [4.78, 5) is 10.4. The Labute approximate surface area is 123 Å². The van der Waals surface area contributed by atoms with Crippen LogP contribution in [0.4, 0.5) is 0 Å². The first kappa shape index (κ1) is 14.0. The monoisotopic (exact) mass is 234 g/mol. The van der Waals surface area contributed by atoms with Crippen LogP contribution in [0.2, 0.25) is 0 Å². The van der Waals surface area contributed by atoms with E-state index in [4.69, 9.17) is 0 Å². The molecule has 2 rings (SSSR count). The van der Waals surface area contributed by atoms with Gasteiger partial charge >= 0.3 is 29.6 Å². The van der Waals surface area contributed by atoms with E-state index < -0.39 is 5.97 Å². The summed E-state index contributed by atoms with van der Waals surface area (Å²) in [6, 6.07) is 17.4. The van der Waals surface area contributed by atoms with Crippen LogP contribution in [-0.2, 0) is 11.2 Å². The SMILES string of the molecule is O=C([O-])Cc1ccc(-c2ccccc2)cc1.[Na+]. The minimum Gasteiger partial charge on any atom is -0.550 e. The van der Waals surface area contributed by atoms with E-state index in [9.17, 15) is 9.90 Å². The number of carbonyl (C=O) groups excluding carboxylic acids is 1. The first-order chi connectivity index (χ1) is 7.75. The Balaban J connectivity index is 0.00000144. The van der Waals surface area contributed by atoms with Gasteiger partial charge in [0.2, 0.25) is 0 Å². The minimum atomic E-state index is -1.05. The van der Waals surface area contributed by atoms with Crippen molar-refractivity contribution in [2.45, 2.75) is 6.42 Å². The van der Waals surface area contributed by atoms with Crippen LogP contribution in [0.3, 0.4) is 0 Å². The molecule has 0 N–H and O–H groups in total. The zero-order valence-corrected chi connectivity index (χ0v) is 11.7. The average molecular weight is 234 g/mol. The Hall–Kier alpha value is -1.09. The van der Waals surface area contributed by atoms with Crippen LogP contribution in [0.15, 0.2) is 54.6 Å². The topological polar surface area (TPSA) is 40.1 Å². The molecule has 0 unspecified atom stereocenters. The Bertz CT molecular complexity index is 477. The molecule has 0 aliphatic carbocycles. The normalized spacial score (nSPS) is 9.41. The summed E-state index contributed by atoms with van der Waals surface area (Å²) in [6.45, 7) is 0. The summed E-state index contributed by atoms with van der Waals surface area (Å²) >= 11 is 0. The quantitative estimate of drug-likeness (QED) is 0.616. The van der Waals surface area contributed by atoms with Crippen molar-refractivity contribution in [2.75, 3.05) is 0 Å². The van der Waals surface area contributed by atoms with Crippen molar-refractivity contribution in [1.82, 2.24) is 0 Å². The van der Waals surface area contributed by atoms with Crippen LogP contribution in [0.5, 0.6) is 0 Å². The molecule has 0 heterocycles. The van der Waals surface area contributed by atoms with Gasteiger partial charge in [-0.3, -0.25) is 0 Å². The molecule has 0 spiro atoms. The zero-order chi connectivity index (χ0) is 11.4. The first-order valence-corrected chi connectivity index (χ1v) is 5.10. The second-order valence-electron chi connectivity index (χ2n) is 3.61. The summed E-state index contributed by atoms with van der Waals surface area (Å²) < 4.78 is 0. The van der Waals surface area contributed by atoms with E-state index >= 15 is 0 Å². The second kappa shape index (κ2) is 6.60. The van der Waals surface area contributed by atoms with Gasteiger partial charge in [-0.2, -0.15) is 0 Å². The molecule has 0 aliphatic heterocycles. The summed E-state index contributed by atoms with van der Waals surface area (Å²) in [5.74, 6) is -1.05. The summed E-state index contributed by atoms with van der Waals surface area (Å²) in [7, 11) is 0. The fourth-order valence-corrected chi connectivity index (χ4v) is 1.61. The molecular formula is C14H11NaO2. The van der Waals surface area contributed by atoms with Crippen molar-refractivity contribution >= 4 is 5.97 Å². The first-order valence-electron chi connectivity index (χ1n) is 5.10. The number of hydrogen-bond acceptors (Lipinski definition) is 2. The molecule has 2 aromatic rings. The Kier molecular flexibility index (Phi) is 5.42. The van der Waals surface area contributed by atoms with Crippen molar-refractivity contribution in [3.8, 4) is 11.1 Å². The van der Waals surface area contributed by atoms with Crippen molar-refractivity contribution in [3.05, 3.63) is 60.2 Å². The largest absolute Gasteiger partial charge is 1.00 e. The predicted octanol–water partition coefficient (Wildman–Crippen LogP) is -1.35. The van der Waals surface area contributed by atoms with Gasteiger partial charge in [-0.05, 0) is 16.7 Å². The molecule has 17 heavy (non-hydrogen) atoms. The third-order valence-electron chi connectivity index (χ3n) is 2.41. The zero-order valence-electron chi connectivity index (χ0n) is 9.72. The van der Waals surface area contributed by atoms with Gasteiger partial charge < -0.3 is 9.90 Å². The number of rotatable bonds is 3. The van der Waals surface area contributed by atoms with Crippen molar-refractivity contribution in [2.24, 2.45) is 0 Å². The molecule has 0 saturated heterocycles. The molecule has 0 aromatic heterocycles. The molecule has 0 atom stereocenters. The van der Waals surface area contributed by atoms with Crippen LogP contribution in [0.1, 0.15) is 5.56 Å². The van der Waals surface area contributed by atoms with E-state index in [0.717, 1.165) is 16.7 Å². The van der Waals surface area contributed by atoms with Crippen LogP contribution in [0, 0.1) is 0 Å². The number of carboxylic acids is 1. The second-order valence-corrected chi connectivity index (χ2v) is 3.61. The molecule has 80 valence electrons. The van der Waals surface area contributed by atoms with Crippen LogP contribution >= 0.6 is 0 Å². The molecule has 0 fully saturated rings. The smallest absolute Gasteiger partial charge is 0.550 e. The van der Waals surface area contributed by atoms with Gasteiger partial charge in [0, 0.05) is 12.4 Å². The van der Waals surface area contributed by atoms with Crippen LogP contribution in [0.25, 0.3) is 11.1 Å². The summed E-state index contributed by atoms with van der Waals surface area (Å²) in [5.41, 5.74) is 2.98. The van der Waals surface area contributed by atoms with E-state index in [2.05, 4.69) is 0 Å². The van der Waals surface area contributed by atoms with E-state index in [-0.39, 0.29) is 36.0 Å². The third kappa shape index (κ3) is 4.00. The predicted molar refractivity (Wildman–Crippen MR) is 60.6 cm³/mol. The van der Waals surface area contributed by atoms with Crippen LogP contribution in [-0.4, -0.2) is 5.97 Å². The molecule has 0 aliphatic rings. The molecule has 0 bridgehead atoms. The molecule has 3 heteroatoms. The number of hydrogen-bond donors (Lipinski definition) is 0.